The Morgan fingerprint density at radius 1 is 1.10 bits per heavy atom. The van der Waals surface area contributed by atoms with Gasteiger partial charge in [-0.2, -0.15) is 0 Å². The van der Waals surface area contributed by atoms with E-state index in [1.165, 1.54) is 44.3 Å². The van der Waals surface area contributed by atoms with Crippen LogP contribution < -0.4 is 5.73 Å². The highest BCUT2D eigenvalue weighted by molar-refractivity contribution is 5.27. The van der Waals surface area contributed by atoms with Crippen molar-refractivity contribution >= 4 is 0 Å². The summed E-state index contributed by atoms with van der Waals surface area (Å²) in [5, 5.41) is 0. The van der Waals surface area contributed by atoms with E-state index in [9.17, 15) is 0 Å². The zero-order valence-electron chi connectivity index (χ0n) is 12.9. The van der Waals surface area contributed by atoms with Crippen molar-refractivity contribution in [3.05, 3.63) is 35.9 Å². The number of hydrogen-bond donors (Lipinski definition) is 1. The predicted molar refractivity (Wildman–Crippen MR) is 84.8 cm³/mol. The zero-order valence-corrected chi connectivity index (χ0v) is 12.9. The number of benzene rings is 1. The van der Waals surface area contributed by atoms with Gasteiger partial charge in [-0.1, -0.05) is 36.8 Å². The van der Waals surface area contributed by atoms with E-state index in [-0.39, 0.29) is 11.6 Å². The Bertz CT molecular complexity index is 434. The van der Waals surface area contributed by atoms with Crippen LogP contribution in [0.4, 0.5) is 0 Å². The van der Waals surface area contributed by atoms with E-state index in [1.807, 2.05) is 0 Å². The number of likely N-dealkylation sites (tertiary alicyclic amines) is 1. The molecule has 3 atom stereocenters. The second-order valence-corrected chi connectivity index (χ2v) is 7.14. The van der Waals surface area contributed by atoms with Gasteiger partial charge in [0.05, 0.1) is 0 Å². The first kappa shape index (κ1) is 14.1. The van der Waals surface area contributed by atoms with Crippen LogP contribution in [0, 0.1) is 5.92 Å². The van der Waals surface area contributed by atoms with Gasteiger partial charge >= 0.3 is 0 Å². The van der Waals surface area contributed by atoms with E-state index < -0.39 is 0 Å². The molecule has 2 fully saturated rings. The van der Waals surface area contributed by atoms with E-state index in [0.717, 1.165) is 0 Å². The summed E-state index contributed by atoms with van der Waals surface area (Å²) in [4.78, 5) is 2.63. The third-order valence-corrected chi connectivity index (χ3v) is 5.52. The Morgan fingerprint density at radius 2 is 1.75 bits per heavy atom. The lowest BCUT2D eigenvalue weighted by atomic mass is 9.86. The van der Waals surface area contributed by atoms with Crippen molar-refractivity contribution in [1.29, 1.82) is 0 Å². The molecule has 3 unspecified atom stereocenters. The lowest BCUT2D eigenvalue weighted by Crippen LogP contribution is -2.58. The van der Waals surface area contributed by atoms with Crippen LogP contribution in [-0.2, 0) is 0 Å². The predicted octanol–water partition coefficient (Wildman–Crippen LogP) is 3.38. The number of nitrogens with zero attached hydrogens (tertiary/aromatic N) is 1. The Morgan fingerprint density at radius 3 is 2.40 bits per heavy atom. The molecular weight excluding hydrogens is 244 g/mol. The second-order valence-electron chi connectivity index (χ2n) is 7.14. The summed E-state index contributed by atoms with van der Waals surface area (Å²) in [6, 6.07) is 11.2. The van der Waals surface area contributed by atoms with Crippen LogP contribution in [0.3, 0.4) is 0 Å². The van der Waals surface area contributed by atoms with Crippen molar-refractivity contribution in [2.24, 2.45) is 11.7 Å². The maximum Gasteiger partial charge on any atom is 0.0307 e. The van der Waals surface area contributed by atoms with Gasteiger partial charge in [-0.3, -0.25) is 4.90 Å². The van der Waals surface area contributed by atoms with Crippen LogP contribution in [0.25, 0.3) is 0 Å². The average Bonchev–Trinajstić information content (AvgIpc) is 3.28. The van der Waals surface area contributed by atoms with Gasteiger partial charge in [-0.15, -0.1) is 0 Å². The van der Waals surface area contributed by atoms with Gasteiger partial charge in [0.25, 0.3) is 0 Å². The molecule has 2 heteroatoms. The molecule has 2 N–H and O–H groups in total. The van der Waals surface area contributed by atoms with Crippen molar-refractivity contribution < 1.29 is 0 Å². The molecule has 0 bridgehead atoms. The molecule has 0 spiro atoms. The Hall–Kier alpha value is -0.860. The van der Waals surface area contributed by atoms with E-state index >= 15 is 0 Å². The minimum absolute atomic E-state index is 0.134. The van der Waals surface area contributed by atoms with Crippen LogP contribution in [0.5, 0.6) is 0 Å². The van der Waals surface area contributed by atoms with Gasteiger partial charge < -0.3 is 5.73 Å². The standard InChI is InChI=1S/C18H28N2/c1-18(2,20-11-7-4-8-12-20)17(19)16-13-15(16)14-9-5-3-6-10-14/h3,5-6,9-10,15-17H,4,7-8,11-13,19H2,1-2H3. The Kier molecular flexibility index (Phi) is 3.87. The summed E-state index contributed by atoms with van der Waals surface area (Å²) in [7, 11) is 0. The first-order valence-corrected chi connectivity index (χ1v) is 8.16. The Labute approximate surface area is 123 Å². The van der Waals surface area contributed by atoms with E-state index in [2.05, 4.69) is 49.1 Å². The fourth-order valence-corrected chi connectivity index (χ4v) is 3.90. The van der Waals surface area contributed by atoms with Crippen LogP contribution in [-0.4, -0.2) is 29.6 Å². The molecule has 1 aromatic rings. The molecule has 0 radical (unpaired) electrons. The minimum Gasteiger partial charge on any atom is -0.326 e. The highest BCUT2D eigenvalue weighted by Crippen LogP contribution is 2.51. The van der Waals surface area contributed by atoms with E-state index in [0.29, 0.717) is 11.8 Å². The second kappa shape index (κ2) is 5.50. The maximum absolute atomic E-state index is 6.67. The molecule has 1 saturated carbocycles. The highest BCUT2D eigenvalue weighted by Gasteiger charge is 2.49. The molecule has 110 valence electrons. The third kappa shape index (κ3) is 2.64. The van der Waals surface area contributed by atoms with Gasteiger partial charge in [0.1, 0.15) is 0 Å². The first-order chi connectivity index (χ1) is 9.60. The fraction of sp³-hybridized carbons (Fsp3) is 0.667. The summed E-state index contributed by atoms with van der Waals surface area (Å²) >= 11 is 0. The molecule has 1 aliphatic carbocycles. The number of hydrogen-bond acceptors (Lipinski definition) is 2. The number of piperidine rings is 1. The molecule has 1 aliphatic heterocycles. The summed E-state index contributed by atoms with van der Waals surface area (Å²) in [5.74, 6) is 1.35. The third-order valence-electron chi connectivity index (χ3n) is 5.52. The molecule has 0 amide bonds. The van der Waals surface area contributed by atoms with Crippen molar-refractivity contribution in [1.82, 2.24) is 4.90 Å². The molecule has 2 nitrogen and oxygen atoms in total. The molecule has 3 rings (SSSR count). The molecule has 1 aromatic carbocycles. The quantitative estimate of drug-likeness (QED) is 0.910. The van der Waals surface area contributed by atoms with E-state index in [1.54, 1.807) is 0 Å². The SMILES string of the molecule is CC(C)(C(N)C1CC1c1ccccc1)N1CCCCC1. The molecule has 0 aromatic heterocycles. The first-order valence-electron chi connectivity index (χ1n) is 8.16. The topological polar surface area (TPSA) is 29.3 Å². The summed E-state index contributed by atoms with van der Waals surface area (Å²) in [6.45, 7) is 7.15. The summed E-state index contributed by atoms with van der Waals surface area (Å²) in [6.07, 6.45) is 5.33. The molecule has 1 saturated heterocycles. The lowest BCUT2D eigenvalue weighted by Gasteiger charge is -2.45. The van der Waals surface area contributed by atoms with Crippen LogP contribution in [0.15, 0.2) is 30.3 Å². The van der Waals surface area contributed by atoms with Crippen molar-refractivity contribution in [3.63, 3.8) is 0 Å². The smallest absolute Gasteiger partial charge is 0.0307 e. The summed E-state index contributed by atoms with van der Waals surface area (Å²) < 4.78 is 0. The molecular formula is C18H28N2. The monoisotopic (exact) mass is 272 g/mol. The van der Waals surface area contributed by atoms with Crippen LogP contribution in [0.1, 0.15) is 51.0 Å². The number of nitrogens with two attached hydrogens (primary N) is 1. The van der Waals surface area contributed by atoms with Crippen molar-refractivity contribution in [3.8, 4) is 0 Å². The van der Waals surface area contributed by atoms with Gasteiger partial charge in [0.2, 0.25) is 0 Å². The molecule has 20 heavy (non-hydrogen) atoms. The highest BCUT2D eigenvalue weighted by atomic mass is 15.2. The van der Waals surface area contributed by atoms with Crippen molar-refractivity contribution in [2.45, 2.75) is 57.0 Å². The number of rotatable bonds is 4. The van der Waals surface area contributed by atoms with Crippen LogP contribution in [0.2, 0.25) is 0 Å². The normalized spacial score (nSPS) is 29.1. The Balaban J connectivity index is 1.66. The van der Waals surface area contributed by atoms with Crippen molar-refractivity contribution in [2.75, 3.05) is 13.1 Å². The fourth-order valence-electron chi connectivity index (χ4n) is 3.90. The minimum atomic E-state index is 0.134. The lowest BCUT2D eigenvalue weighted by molar-refractivity contribution is 0.0662. The molecule has 2 aliphatic rings. The van der Waals surface area contributed by atoms with E-state index in [4.69, 9.17) is 5.73 Å². The largest absolute Gasteiger partial charge is 0.326 e. The van der Waals surface area contributed by atoms with Gasteiger partial charge in [-0.05, 0) is 63.6 Å². The zero-order chi connectivity index (χ0) is 14.2. The summed E-state index contributed by atoms with van der Waals surface area (Å²) in [5.41, 5.74) is 8.28. The maximum atomic E-state index is 6.67. The van der Waals surface area contributed by atoms with Gasteiger partial charge in [-0.25, -0.2) is 0 Å². The van der Waals surface area contributed by atoms with Gasteiger partial charge in [0, 0.05) is 11.6 Å². The van der Waals surface area contributed by atoms with Crippen LogP contribution >= 0.6 is 0 Å². The average molecular weight is 272 g/mol. The molecule has 1 heterocycles. The van der Waals surface area contributed by atoms with Gasteiger partial charge in [0.15, 0.2) is 0 Å².